The Morgan fingerprint density at radius 1 is 0.985 bits per heavy atom. The van der Waals surface area contributed by atoms with E-state index in [0.717, 1.165) is 117 Å². The molecule has 3 fully saturated rings. The summed E-state index contributed by atoms with van der Waals surface area (Å²) in [6.45, 7) is 29.6. The van der Waals surface area contributed by atoms with Gasteiger partial charge in [0.1, 0.15) is 6.67 Å². The number of aromatic nitrogens is 2. The number of hydrazine groups is 1. The van der Waals surface area contributed by atoms with Gasteiger partial charge in [-0.1, -0.05) is 78.3 Å². The van der Waals surface area contributed by atoms with Crippen LogP contribution in [0.25, 0.3) is 33.3 Å². The Labute approximate surface area is 392 Å². The molecule has 4 atom stereocenters. The predicted octanol–water partition coefficient (Wildman–Crippen LogP) is 11.1. The lowest BCUT2D eigenvalue weighted by Crippen LogP contribution is -2.51. The van der Waals surface area contributed by atoms with Gasteiger partial charge in [-0.2, -0.15) is 0 Å². The highest BCUT2D eigenvalue weighted by Gasteiger charge is 2.37. The minimum Gasteiger partial charge on any atom is -0.379 e. The third kappa shape index (κ3) is 11.9. The highest BCUT2D eigenvalue weighted by molar-refractivity contribution is 5.95. The maximum absolute atomic E-state index is 15.0. The summed E-state index contributed by atoms with van der Waals surface area (Å²) >= 11 is 0. The van der Waals surface area contributed by atoms with Gasteiger partial charge in [0.2, 0.25) is 0 Å². The maximum Gasteiger partial charge on any atom is 0.115 e. The van der Waals surface area contributed by atoms with Gasteiger partial charge in [0.25, 0.3) is 0 Å². The molecule has 2 aromatic heterocycles. The van der Waals surface area contributed by atoms with Crippen LogP contribution in [0.1, 0.15) is 128 Å². The zero-order chi connectivity index (χ0) is 46.7. The first-order valence-electron chi connectivity index (χ1n) is 24.9. The van der Waals surface area contributed by atoms with E-state index in [2.05, 4.69) is 114 Å². The highest BCUT2D eigenvalue weighted by Crippen LogP contribution is 2.43. The molecule has 352 valence electrons. The molecule has 2 saturated heterocycles. The number of benzene rings is 2. The second kappa shape index (κ2) is 23.3. The third-order valence-corrected chi connectivity index (χ3v) is 14.4. The van der Waals surface area contributed by atoms with E-state index in [9.17, 15) is 0 Å². The van der Waals surface area contributed by atoms with Crippen molar-refractivity contribution in [2.75, 3.05) is 39.3 Å². The van der Waals surface area contributed by atoms with Crippen molar-refractivity contribution in [3.8, 4) is 35.2 Å². The molecular formula is C56H81FN8. The van der Waals surface area contributed by atoms with Crippen LogP contribution in [0.5, 0.6) is 0 Å². The summed E-state index contributed by atoms with van der Waals surface area (Å²) in [6.07, 6.45) is 22.3. The summed E-state index contributed by atoms with van der Waals surface area (Å²) in [4.78, 5) is 7.54. The Morgan fingerprint density at radius 2 is 1.75 bits per heavy atom. The SMILES string of the molecule is C#C.C=C(NC(Cc1cc(CF)cc(-c2ccc3c(c2)c(CC(C)(C)CCC)c(-c2cccnc2C(C)N)n3CC)c1)C(=C)N1CCCCN1)C(C1CCCC1)N1CCC(CNCC)C1. The Bertz CT molecular complexity index is 2210. The first-order valence-corrected chi connectivity index (χ1v) is 24.9. The number of terminal acetylenes is 1. The molecule has 3 aliphatic rings. The van der Waals surface area contributed by atoms with Crippen LogP contribution in [0.15, 0.2) is 79.3 Å². The molecule has 0 bridgehead atoms. The molecule has 1 aliphatic carbocycles. The Balaban J connectivity index is 0.00000345. The van der Waals surface area contributed by atoms with E-state index in [1.54, 1.807) is 0 Å². The molecule has 65 heavy (non-hydrogen) atoms. The van der Waals surface area contributed by atoms with E-state index >= 15 is 4.39 Å². The molecule has 2 aliphatic heterocycles. The number of fused-ring (bicyclic) bond motifs is 1. The van der Waals surface area contributed by atoms with E-state index < -0.39 is 6.67 Å². The van der Waals surface area contributed by atoms with Crippen molar-refractivity contribution in [1.82, 2.24) is 35.5 Å². The molecule has 4 unspecified atom stereocenters. The molecule has 9 heteroatoms. The van der Waals surface area contributed by atoms with Crippen LogP contribution in [0.4, 0.5) is 4.39 Å². The van der Waals surface area contributed by atoms with Crippen molar-refractivity contribution in [3.63, 3.8) is 0 Å². The van der Waals surface area contributed by atoms with Gasteiger partial charge in [-0.05, 0) is 160 Å². The summed E-state index contributed by atoms with van der Waals surface area (Å²) in [6, 6.07) is 17.5. The van der Waals surface area contributed by atoms with Crippen LogP contribution in [0.2, 0.25) is 0 Å². The maximum atomic E-state index is 15.0. The molecule has 0 radical (unpaired) electrons. The molecule has 0 spiro atoms. The monoisotopic (exact) mass is 885 g/mol. The minimum absolute atomic E-state index is 0.0848. The number of rotatable bonds is 21. The van der Waals surface area contributed by atoms with Crippen LogP contribution in [0, 0.1) is 30.1 Å². The third-order valence-electron chi connectivity index (χ3n) is 14.4. The first kappa shape index (κ1) is 50.0. The van der Waals surface area contributed by atoms with E-state index in [1.807, 2.05) is 25.3 Å². The molecule has 0 amide bonds. The number of hydrogen-bond donors (Lipinski definition) is 4. The van der Waals surface area contributed by atoms with Gasteiger partial charge < -0.3 is 25.9 Å². The molecule has 1 saturated carbocycles. The summed E-state index contributed by atoms with van der Waals surface area (Å²) in [5.41, 5.74) is 22.1. The van der Waals surface area contributed by atoms with Gasteiger partial charge in [-0.25, -0.2) is 9.82 Å². The lowest BCUT2D eigenvalue weighted by Gasteiger charge is -2.39. The predicted molar refractivity (Wildman–Crippen MR) is 273 cm³/mol. The fourth-order valence-electron chi connectivity index (χ4n) is 11.4. The molecular weight excluding hydrogens is 804 g/mol. The zero-order valence-corrected chi connectivity index (χ0v) is 40.8. The Kier molecular flexibility index (Phi) is 17.9. The van der Waals surface area contributed by atoms with Gasteiger partial charge in [0, 0.05) is 66.3 Å². The van der Waals surface area contributed by atoms with Crippen LogP contribution in [-0.4, -0.2) is 70.8 Å². The van der Waals surface area contributed by atoms with Crippen LogP contribution in [0.3, 0.4) is 0 Å². The second-order valence-electron chi connectivity index (χ2n) is 19.9. The zero-order valence-electron chi connectivity index (χ0n) is 40.8. The van der Waals surface area contributed by atoms with Crippen molar-refractivity contribution in [2.45, 2.75) is 144 Å². The first-order chi connectivity index (χ1) is 31.4. The van der Waals surface area contributed by atoms with Gasteiger partial charge in [0.15, 0.2) is 0 Å². The normalized spacial score (nSPS) is 18.6. The summed E-state index contributed by atoms with van der Waals surface area (Å²) in [5.74, 6) is 1.27. The lowest BCUT2D eigenvalue weighted by molar-refractivity contribution is 0.175. The molecule has 8 nitrogen and oxygen atoms in total. The van der Waals surface area contributed by atoms with E-state index in [1.165, 1.54) is 54.3 Å². The van der Waals surface area contributed by atoms with E-state index in [-0.39, 0.29) is 23.5 Å². The number of hydrogen-bond acceptors (Lipinski definition) is 7. The quantitative estimate of drug-likeness (QED) is 0.0620. The van der Waals surface area contributed by atoms with Gasteiger partial charge in [-0.3, -0.25) is 9.88 Å². The molecule has 4 aromatic rings. The smallest absolute Gasteiger partial charge is 0.115 e. The van der Waals surface area contributed by atoms with Crippen molar-refractivity contribution < 1.29 is 4.39 Å². The topological polar surface area (TPSA) is 86.4 Å². The summed E-state index contributed by atoms with van der Waals surface area (Å²) in [5, 5.41) is 11.1. The number of pyridine rings is 1. The minimum atomic E-state index is -0.525. The van der Waals surface area contributed by atoms with E-state index in [4.69, 9.17) is 23.9 Å². The Hall–Kier alpha value is -4.46. The van der Waals surface area contributed by atoms with Crippen LogP contribution < -0.4 is 21.8 Å². The standard InChI is InChI=1S/C54H79FN8.C2H2/c1-9-23-54(7,8)33-48-47-32-44(20-21-50(47)62(11-3)53(48)46-19-16-24-58-51(46)37(4)56)45-29-41(28-42(30-45)34-55)31-49(39(6)63-26-15-14-25-59-63)60-38(5)52(43-17-12-13-18-43)61-27-22-40(36-61)35-57-10-2;1-2/h16,19-21,24,28-30,32,37,40,43,49,52,57,59-60H,5-6,9-15,17-18,22-23,25-27,31,33-36,56H2,1-4,7-8H3;1-2H. The Morgan fingerprint density at radius 3 is 2.43 bits per heavy atom. The summed E-state index contributed by atoms with van der Waals surface area (Å²) < 4.78 is 17.5. The number of nitrogens with one attached hydrogen (secondary N) is 3. The second-order valence-corrected chi connectivity index (χ2v) is 19.9. The number of nitrogens with two attached hydrogens (primary N) is 1. The van der Waals surface area contributed by atoms with Gasteiger partial charge in [0.05, 0.1) is 23.5 Å². The van der Waals surface area contributed by atoms with Crippen molar-refractivity contribution in [2.24, 2.45) is 23.0 Å². The van der Waals surface area contributed by atoms with Gasteiger partial charge in [-0.15, -0.1) is 12.8 Å². The number of halogens is 1. The fourth-order valence-corrected chi connectivity index (χ4v) is 11.4. The molecule has 5 N–H and O–H groups in total. The van der Waals surface area contributed by atoms with E-state index in [0.29, 0.717) is 23.8 Å². The van der Waals surface area contributed by atoms with Crippen molar-refractivity contribution in [3.05, 3.63) is 102 Å². The number of nitrogens with zero attached hydrogens (tertiary/aromatic N) is 4. The van der Waals surface area contributed by atoms with Gasteiger partial charge >= 0.3 is 0 Å². The lowest BCUT2D eigenvalue weighted by atomic mass is 9.80. The van der Waals surface area contributed by atoms with Crippen LogP contribution in [-0.2, 0) is 26.1 Å². The van der Waals surface area contributed by atoms with Crippen LogP contribution >= 0.6 is 0 Å². The number of likely N-dealkylation sites (tertiary alicyclic amines) is 1. The number of alkyl halides is 1. The number of aryl methyl sites for hydroxylation is 1. The van der Waals surface area contributed by atoms with Crippen molar-refractivity contribution >= 4 is 10.9 Å². The average molecular weight is 885 g/mol. The highest BCUT2D eigenvalue weighted by atomic mass is 19.1. The summed E-state index contributed by atoms with van der Waals surface area (Å²) in [7, 11) is 0. The average Bonchev–Trinajstić information content (AvgIpc) is 4.09. The molecule has 2 aromatic carbocycles. The molecule has 4 heterocycles. The largest absolute Gasteiger partial charge is 0.379 e. The fraction of sp³-hybridized carbons (Fsp3) is 0.554. The van der Waals surface area contributed by atoms with Crippen molar-refractivity contribution in [1.29, 1.82) is 0 Å². The molecule has 7 rings (SSSR count).